The smallest absolute Gasteiger partial charge is 0.329 e. The highest BCUT2D eigenvalue weighted by Gasteiger charge is 2.26. The topological polar surface area (TPSA) is 74.2 Å². The van der Waals surface area contributed by atoms with Gasteiger partial charge in [-0.15, -0.1) is 11.3 Å². The van der Waals surface area contributed by atoms with Crippen molar-refractivity contribution in [3.63, 3.8) is 0 Å². The second kappa shape index (κ2) is 8.48. The minimum Gasteiger partial charge on any atom is -0.495 e. The molecule has 0 saturated carbocycles. The molecule has 0 atom stereocenters. The van der Waals surface area contributed by atoms with Crippen LogP contribution in [0.3, 0.4) is 0 Å². The van der Waals surface area contributed by atoms with E-state index in [0.717, 1.165) is 16.3 Å². The Bertz CT molecular complexity index is 783. The molecule has 8 heteroatoms. The molecule has 0 aliphatic carbocycles. The van der Waals surface area contributed by atoms with Crippen LogP contribution in [0.15, 0.2) is 46.9 Å². The average molecular weight is 372 g/mol. The third-order valence-electron chi connectivity index (χ3n) is 4.09. The number of rotatable bonds is 4. The standard InChI is InChI=1S/C18H20N4O3S/c1-25-16-7-3-2-6-15(16)21-8-10-22(11-9-21)18(24)17(23)20-19-13-14-5-4-12-26-14/h2-7,12-13H,8-11H2,1H3,(H,20,23)/b19-13-. The van der Waals surface area contributed by atoms with E-state index in [2.05, 4.69) is 15.4 Å². The van der Waals surface area contributed by atoms with Crippen LogP contribution in [0.1, 0.15) is 4.88 Å². The van der Waals surface area contributed by atoms with Crippen LogP contribution in [-0.4, -0.2) is 56.2 Å². The second-order valence-corrected chi connectivity index (χ2v) is 6.64. The number of anilines is 1. The van der Waals surface area contributed by atoms with Gasteiger partial charge in [0, 0.05) is 31.1 Å². The van der Waals surface area contributed by atoms with E-state index in [1.165, 1.54) is 17.6 Å². The molecule has 1 aromatic carbocycles. The number of hydrogen-bond donors (Lipinski definition) is 1. The van der Waals surface area contributed by atoms with E-state index in [1.54, 1.807) is 12.0 Å². The molecule has 1 aliphatic heterocycles. The van der Waals surface area contributed by atoms with Crippen molar-refractivity contribution in [2.45, 2.75) is 0 Å². The monoisotopic (exact) mass is 372 g/mol. The number of amides is 2. The fourth-order valence-electron chi connectivity index (χ4n) is 2.75. The molecule has 0 bridgehead atoms. The number of ether oxygens (including phenoxy) is 1. The lowest BCUT2D eigenvalue weighted by Gasteiger charge is -2.36. The quantitative estimate of drug-likeness (QED) is 0.502. The predicted molar refractivity (Wildman–Crippen MR) is 102 cm³/mol. The van der Waals surface area contributed by atoms with Crippen LogP contribution in [0.4, 0.5) is 5.69 Å². The summed E-state index contributed by atoms with van der Waals surface area (Å²) < 4.78 is 5.38. The molecule has 3 rings (SSSR count). The summed E-state index contributed by atoms with van der Waals surface area (Å²) in [4.78, 5) is 28.8. The highest BCUT2D eigenvalue weighted by molar-refractivity contribution is 7.11. The molecule has 26 heavy (non-hydrogen) atoms. The molecule has 0 spiro atoms. The van der Waals surface area contributed by atoms with Crippen molar-refractivity contribution in [3.05, 3.63) is 46.7 Å². The Balaban J connectivity index is 1.52. The van der Waals surface area contributed by atoms with Gasteiger partial charge >= 0.3 is 11.8 Å². The molecule has 2 aromatic rings. The first kappa shape index (κ1) is 17.9. The number of para-hydroxylation sites is 2. The first-order chi connectivity index (χ1) is 12.7. The van der Waals surface area contributed by atoms with Crippen molar-refractivity contribution in [1.29, 1.82) is 0 Å². The predicted octanol–water partition coefficient (Wildman–Crippen LogP) is 1.56. The van der Waals surface area contributed by atoms with E-state index in [9.17, 15) is 9.59 Å². The number of carbonyl (C=O) groups excluding carboxylic acids is 2. The fraction of sp³-hybridized carbons (Fsp3) is 0.278. The Morgan fingerprint density at radius 3 is 2.62 bits per heavy atom. The Morgan fingerprint density at radius 1 is 1.15 bits per heavy atom. The number of methoxy groups -OCH3 is 1. The summed E-state index contributed by atoms with van der Waals surface area (Å²) in [5.41, 5.74) is 3.28. The van der Waals surface area contributed by atoms with Gasteiger partial charge in [0.2, 0.25) is 0 Å². The maximum absolute atomic E-state index is 12.3. The molecule has 136 valence electrons. The Labute approximate surface area is 155 Å². The number of benzene rings is 1. The molecular weight excluding hydrogens is 352 g/mol. The number of piperazine rings is 1. The van der Waals surface area contributed by atoms with Crippen molar-refractivity contribution in [2.75, 3.05) is 38.2 Å². The Kier molecular flexibility index (Phi) is 5.85. The minimum absolute atomic E-state index is 0.471. The van der Waals surface area contributed by atoms with Crippen LogP contribution in [0.25, 0.3) is 0 Å². The second-order valence-electron chi connectivity index (χ2n) is 5.67. The lowest BCUT2D eigenvalue weighted by molar-refractivity contribution is -0.146. The zero-order valence-electron chi connectivity index (χ0n) is 14.4. The minimum atomic E-state index is -0.719. The van der Waals surface area contributed by atoms with Gasteiger partial charge in [-0.3, -0.25) is 9.59 Å². The summed E-state index contributed by atoms with van der Waals surface area (Å²) in [6.07, 6.45) is 1.52. The Morgan fingerprint density at radius 2 is 1.92 bits per heavy atom. The largest absolute Gasteiger partial charge is 0.495 e. The highest BCUT2D eigenvalue weighted by atomic mass is 32.1. The first-order valence-electron chi connectivity index (χ1n) is 8.23. The molecule has 0 radical (unpaired) electrons. The van der Waals surface area contributed by atoms with E-state index < -0.39 is 11.8 Å². The third-order valence-corrected chi connectivity index (χ3v) is 4.89. The number of carbonyl (C=O) groups is 2. The van der Waals surface area contributed by atoms with Crippen LogP contribution in [0.5, 0.6) is 5.75 Å². The van der Waals surface area contributed by atoms with Crippen LogP contribution in [-0.2, 0) is 9.59 Å². The summed E-state index contributed by atoms with van der Waals surface area (Å²) >= 11 is 1.50. The lowest BCUT2D eigenvalue weighted by Crippen LogP contribution is -2.52. The summed E-state index contributed by atoms with van der Waals surface area (Å²) in [7, 11) is 1.64. The van der Waals surface area contributed by atoms with Crippen molar-refractivity contribution in [1.82, 2.24) is 10.3 Å². The Hall–Kier alpha value is -2.87. The van der Waals surface area contributed by atoms with Crippen LogP contribution >= 0.6 is 11.3 Å². The molecule has 2 amide bonds. The summed E-state index contributed by atoms with van der Waals surface area (Å²) in [5, 5.41) is 5.74. The molecule has 2 heterocycles. The van der Waals surface area contributed by atoms with Gasteiger partial charge < -0.3 is 14.5 Å². The zero-order chi connectivity index (χ0) is 18.4. The van der Waals surface area contributed by atoms with Crippen LogP contribution in [0, 0.1) is 0 Å². The maximum atomic E-state index is 12.3. The highest BCUT2D eigenvalue weighted by Crippen LogP contribution is 2.28. The third kappa shape index (κ3) is 4.20. The number of nitrogens with one attached hydrogen (secondary N) is 1. The van der Waals surface area contributed by atoms with Gasteiger partial charge in [-0.25, -0.2) is 5.43 Å². The van der Waals surface area contributed by atoms with Gasteiger partial charge in [0.05, 0.1) is 19.0 Å². The van der Waals surface area contributed by atoms with Gasteiger partial charge in [-0.1, -0.05) is 18.2 Å². The van der Waals surface area contributed by atoms with Gasteiger partial charge in [0.1, 0.15) is 5.75 Å². The zero-order valence-corrected chi connectivity index (χ0v) is 15.2. The van der Waals surface area contributed by atoms with Gasteiger partial charge in [-0.05, 0) is 23.6 Å². The van der Waals surface area contributed by atoms with Gasteiger partial charge in [0.25, 0.3) is 0 Å². The van der Waals surface area contributed by atoms with Crippen LogP contribution < -0.4 is 15.1 Å². The molecule has 1 N–H and O–H groups in total. The normalized spacial score (nSPS) is 14.5. The summed E-state index contributed by atoms with van der Waals surface area (Å²) in [6.45, 7) is 2.22. The molecule has 1 saturated heterocycles. The maximum Gasteiger partial charge on any atom is 0.329 e. The van der Waals surface area contributed by atoms with Crippen molar-refractivity contribution in [3.8, 4) is 5.75 Å². The summed E-state index contributed by atoms with van der Waals surface area (Å²) in [6, 6.07) is 11.5. The molecule has 7 nitrogen and oxygen atoms in total. The van der Waals surface area contributed by atoms with Crippen LogP contribution in [0.2, 0.25) is 0 Å². The first-order valence-corrected chi connectivity index (χ1v) is 9.11. The lowest BCUT2D eigenvalue weighted by atomic mass is 10.2. The van der Waals surface area contributed by atoms with E-state index >= 15 is 0 Å². The van der Waals surface area contributed by atoms with E-state index in [4.69, 9.17) is 4.74 Å². The molecule has 1 aromatic heterocycles. The van der Waals surface area contributed by atoms with Gasteiger partial charge in [0.15, 0.2) is 0 Å². The van der Waals surface area contributed by atoms with E-state index in [-0.39, 0.29) is 0 Å². The number of thiophene rings is 1. The molecule has 0 unspecified atom stereocenters. The number of hydrogen-bond acceptors (Lipinski definition) is 6. The van der Waals surface area contributed by atoms with Crippen molar-refractivity contribution >= 4 is 35.1 Å². The fourth-order valence-corrected chi connectivity index (χ4v) is 3.34. The average Bonchev–Trinajstić information content (AvgIpc) is 3.21. The van der Waals surface area contributed by atoms with E-state index in [1.807, 2.05) is 41.8 Å². The number of nitrogens with zero attached hydrogens (tertiary/aromatic N) is 3. The number of hydrazone groups is 1. The van der Waals surface area contributed by atoms with E-state index in [0.29, 0.717) is 26.2 Å². The van der Waals surface area contributed by atoms with Crippen molar-refractivity contribution < 1.29 is 14.3 Å². The molecule has 1 fully saturated rings. The summed E-state index contributed by atoms with van der Waals surface area (Å²) in [5.74, 6) is -0.482. The van der Waals surface area contributed by atoms with Crippen molar-refractivity contribution in [2.24, 2.45) is 5.10 Å². The van der Waals surface area contributed by atoms with Gasteiger partial charge in [-0.2, -0.15) is 5.10 Å². The SMILES string of the molecule is COc1ccccc1N1CCN(C(=O)C(=O)N/N=C\c2cccs2)CC1. The molecular formula is C18H20N4O3S. The molecule has 1 aliphatic rings.